The van der Waals surface area contributed by atoms with E-state index in [1.165, 1.54) is 24.5 Å². The number of nitrogens with zero attached hydrogens (tertiary/aromatic N) is 2. The molecule has 0 spiro atoms. The molecule has 0 N–H and O–H groups in total. The van der Waals surface area contributed by atoms with E-state index in [0.717, 1.165) is 29.7 Å². The van der Waals surface area contributed by atoms with Crippen molar-refractivity contribution in [3.63, 3.8) is 0 Å². The number of carbonyl (C=O) groups excluding carboxylic acids is 1. The third-order valence-electron chi connectivity index (χ3n) is 5.87. The van der Waals surface area contributed by atoms with Crippen LogP contribution in [-0.2, 0) is 21.3 Å². The number of aryl methyl sites for hydroxylation is 1. The van der Waals surface area contributed by atoms with Gasteiger partial charge in [0, 0.05) is 39.4 Å². The molecular formula is C24H32N2O5S. The molecule has 1 fully saturated rings. The largest absolute Gasteiger partial charge is 0.497 e. The molecule has 1 heterocycles. The highest BCUT2D eigenvalue weighted by Crippen LogP contribution is 2.25. The SMILES string of the molecule is COc1cccc(CN(CC2CCCO2)C(=O)c2cc(C)c(C)c(S(=O)(=O)N(C)C)c2)c1. The van der Waals surface area contributed by atoms with E-state index in [0.29, 0.717) is 30.8 Å². The van der Waals surface area contributed by atoms with Crippen molar-refractivity contribution in [3.8, 4) is 5.75 Å². The smallest absolute Gasteiger partial charge is 0.254 e. The van der Waals surface area contributed by atoms with Crippen LogP contribution in [0.15, 0.2) is 41.3 Å². The van der Waals surface area contributed by atoms with Crippen LogP contribution in [0.4, 0.5) is 0 Å². The Kier molecular flexibility index (Phi) is 7.59. The average molecular weight is 461 g/mol. The Morgan fingerprint density at radius 1 is 1.19 bits per heavy atom. The number of hydrogen-bond acceptors (Lipinski definition) is 5. The lowest BCUT2D eigenvalue weighted by Gasteiger charge is -2.27. The minimum Gasteiger partial charge on any atom is -0.497 e. The van der Waals surface area contributed by atoms with Gasteiger partial charge in [-0.2, -0.15) is 0 Å². The number of rotatable bonds is 8. The molecule has 8 heteroatoms. The zero-order valence-electron chi connectivity index (χ0n) is 19.4. The van der Waals surface area contributed by atoms with Gasteiger partial charge in [0.2, 0.25) is 10.0 Å². The van der Waals surface area contributed by atoms with Crippen molar-refractivity contribution in [3.05, 3.63) is 58.7 Å². The number of hydrogen-bond donors (Lipinski definition) is 0. The first-order chi connectivity index (χ1) is 15.1. The van der Waals surface area contributed by atoms with Crippen molar-refractivity contribution < 1.29 is 22.7 Å². The van der Waals surface area contributed by atoms with Gasteiger partial charge in [0.1, 0.15) is 5.75 Å². The molecule has 0 aromatic heterocycles. The van der Waals surface area contributed by atoms with Gasteiger partial charge < -0.3 is 14.4 Å². The van der Waals surface area contributed by atoms with Gasteiger partial charge in [-0.1, -0.05) is 12.1 Å². The van der Waals surface area contributed by atoms with Crippen molar-refractivity contribution >= 4 is 15.9 Å². The van der Waals surface area contributed by atoms with E-state index in [-0.39, 0.29) is 16.9 Å². The van der Waals surface area contributed by atoms with Gasteiger partial charge in [-0.15, -0.1) is 0 Å². The summed E-state index contributed by atoms with van der Waals surface area (Å²) in [6.07, 6.45) is 1.84. The first-order valence-electron chi connectivity index (χ1n) is 10.7. The van der Waals surface area contributed by atoms with Crippen LogP contribution in [0, 0.1) is 13.8 Å². The molecule has 1 saturated heterocycles. The minimum atomic E-state index is -3.68. The minimum absolute atomic E-state index is 0.0268. The number of sulfonamides is 1. The van der Waals surface area contributed by atoms with E-state index >= 15 is 0 Å². The van der Waals surface area contributed by atoms with Crippen molar-refractivity contribution in [2.24, 2.45) is 0 Å². The molecule has 0 radical (unpaired) electrons. The van der Waals surface area contributed by atoms with Crippen molar-refractivity contribution in [1.82, 2.24) is 9.21 Å². The Bertz CT molecular complexity index is 1080. The summed E-state index contributed by atoms with van der Waals surface area (Å²) < 4.78 is 38.0. The maximum absolute atomic E-state index is 13.6. The number of ether oxygens (including phenoxy) is 2. The predicted octanol–water partition coefficient (Wildman–Crippen LogP) is 3.38. The van der Waals surface area contributed by atoms with E-state index in [2.05, 4.69) is 0 Å². The lowest BCUT2D eigenvalue weighted by atomic mass is 10.0. The molecule has 3 rings (SSSR count). The highest BCUT2D eigenvalue weighted by molar-refractivity contribution is 7.89. The zero-order chi connectivity index (χ0) is 23.5. The van der Waals surface area contributed by atoms with Crippen molar-refractivity contribution in [1.29, 1.82) is 0 Å². The fraction of sp³-hybridized carbons (Fsp3) is 0.458. The normalized spacial score (nSPS) is 16.4. The quantitative estimate of drug-likeness (QED) is 0.604. The van der Waals surface area contributed by atoms with Gasteiger partial charge in [0.05, 0.1) is 18.1 Å². The molecule has 174 valence electrons. The van der Waals surface area contributed by atoms with E-state index in [9.17, 15) is 13.2 Å². The molecule has 0 aliphatic carbocycles. The molecule has 0 saturated carbocycles. The van der Waals surface area contributed by atoms with Crippen LogP contribution in [-0.4, -0.2) is 64.0 Å². The molecule has 1 atom stereocenters. The van der Waals surface area contributed by atoms with E-state index in [4.69, 9.17) is 9.47 Å². The Labute approximate surface area is 191 Å². The van der Waals surface area contributed by atoms with Crippen LogP contribution < -0.4 is 4.74 Å². The average Bonchev–Trinajstić information content (AvgIpc) is 3.27. The molecular weight excluding hydrogens is 428 g/mol. The van der Waals surface area contributed by atoms with E-state index in [1.807, 2.05) is 31.2 Å². The van der Waals surface area contributed by atoms with Gasteiger partial charge in [-0.3, -0.25) is 4.79 Å². The predicted molar refractivity (Wildman–Crippen MR) is 123 cm³/mol. The maximum Gasteiger partial charge on any atom is 0.254 e. The second-order valence-electron chi connectivity index (χ2n) is 8.38. The third kappa shape index (κ3) is 5.31. The van der Waals surface area contributed by atoms with Crippen LogP contribution in [0.25, 0.3) is 0 Å². The fourth-order valence-corrected chi connectivity index (χ4v) is 5.06. The van der Waals surface area contributed by atoms with Gasteiger partial charge in [0.25, 0.3) is 5.91 Å². The summed E-state index contributed by atoms with van der Waals surface area (Å²) in [5.74, 6) is 0.499. The molecule has 7 nitrogen and oxygen atoms in total. The van der Waals surface area contributed by atoms with Gasteiger partial charge >= 0.3 is 0 Å². The van der Waals surface area contributed by atoms with Crippen molar-refractivity contribution in [2.75, 3.05) is 34.4 Å². The zero-order valence-corrected chi connectivity index (χ0v) is 20.2. The Morgan fingerprint density at radius 2 is 1.94 bits per heavy atom. The summed E-state index contributed by atoms with van der Waals surface area (Å²) in [5.41, 5.74) is 2.69. The summed E-state index contributed by atoms with van der Waals surface area (Å²) >= 11 is 0. The van der Waals surface area contributed by atoms with Gasteiger partial charge in [-0.05, 0) is 67.6 Å². The Hall–Kier alpha value is -2.42. The van der Waals surface area contributed by atoms with Crippen LogP contribution >= 0.6 is 0 Å². The number of carbonyl (C=O) groups is 1. The first kappa shape index (κ1) is 24.2. The number of benzene rings is 2. The van der Waals surface area contributed by atoms with Crippen LogP contribution in [0.3, 0.4) is 0 Å². The van der Waals surface area contributed by atoms with Gasteiger partial charge in [-0.25, -0.2) is 12.7 Å². The van der Waals surface area contributed by atoms with Crippen LogP contribution in [0.1, 0.15) is 39.9 Å². The summed E-state index contributed by atoms with van der Waals surface area (Å²) in [7, 11) is 0.909. The summed E-state index contributed by atoms with van der Waals surface area (Å²) in [4.78, 5) is 15.5. The van der Waals surface area contributed by atoms with E-state index < -0.39 is 10.0 Å². The standard InChI is InChI=1S/C24H32N2O5S/c1-17-12-20(14-23(18(17)2)32(28,29)25(3)4)24(27)26(16-22-10-7-11-31-22)15-19-8-6-9-21(13-19)30-5/h6,8-9,12-14,22H,7,10-11,15-16H2,1-5H3. The second-order valence-corrected chi connectivity index (χ2v) is 10.5. The molecule has 2 aromatic rings. The first-order valence-corrected chi connectivity index (χ1v) is 12.1. The van der Waals surface area contributed by atoms with Gasteiger partial charge in [0.15, 0.2) is 0 Å². The third-order valence-corrected chi connectivity index (χ3v) is 7.81. The lowest BCUT2D eigenvalue weighted by Crippen LogP contribution is -2.37. The van der Waals surface area contributed by atoms with Crippen LogP contribution in [0.2, 0.25) is 0 Å². The fourth-order valence-electron chi connectivity index (χ4n) is 3.84. The molecule has 0 bridgehead atoms. The molecule has 1 aliphatic heterocycles. The molecule has 1 aliphatic rings. The summed E-state index contributed by atoms with van der Waals surface area (Å²) in [5, 5.41) is 0. The molecule has 1 unspecified atom stereocenters. The molecule has 1 amide bonds. The number of amides is 1. The lowest BCUT2D eigenvalue weighted by molar-refractivity contribution is 0.0507. The van der Waals surface area contributed by atoms with Crippen LogP contribution in [0.5, 0.6) is 5.75 Å². The summed E-state index contributed by atoms with van der Waals surface area (Å²) in [6.45, 7) is 5.10. The monoisotopic (exact) mass is 460 g/mol. The highest BCUT2D eigenvalue weighted by Gasteiger charge is 2.27. The summed E-state index contributed by atoms with van der Waals surface area (Å²) in [6, 6.07) is 10.9. The molecule has 32 heavy (non-hydrogen) atoms. The maximum atomic E-state index is 13.6. The second kappa shape index (κ2) is 10.0. The molecule has 2 aromatic carbocycles. The topological polar surface area (TPSA) is 76.1 Å². The van der Waals surface area contributed by atoms with E-state index in [1.54, 1.807) is 25.0 Å². The Morgan fingerprint density at radius 3 is 2.56 bits per heavy atom. The number of methoxy groups -OCH3 is 1. The Balaban J connectivity index is 1.99. The highest BCUT2D eigenvalue weighted by atomic mass is 32.2. The van der Waals surface area contributed by atoms with Crippen molar-refractivity contribution in [2.45, 2.75) is 44.2 Å².